The molecule has 0 aliphatic carbocycles. The third-order valence-corrected chi connectivity index (χ3v) is 3.19. The first kappa shape index (κ1) is 13.9. The SMILES string of the molecule is CC(N)CC(=O)NCCc1c[nH]c2ccc(Cl)cc12. The van der Waals surface area contributed by atoms with Crippen LogP contribution in [0.4, 0.5) is 0 Å². The number of benzene rings is 1. The number of rotatable bonds is 5. The van der Waals surface area contributed by atoms with Crippen molar-refractivity contribution in [2.75, 3.05) is 6.54 Å². The maximum atomic E-state index is 11.5. The number of carbonyl (C=O) groups is 1. The highest BCUT2D eigenvalue weighted by atomic mass is 35.5. The zero-order valence-electron chi connectivity index (χ0n) is 10.9. The van der Waals surface area contributed by atoms with Gasteiger partial charge >= 0.3 is 0 Å². The first-order chi connectivity index (χ1) is 9.06. The highest BCUT2D eigenvalue weighted by Gasteiger charge is 2.07. The molecule has 5 heteroatoms. The molecule has 0 saturated heterocycles. The van der Waals surface area contributed by atoms with E-state index in [4.69, 9.17) is 17.3 Å². The molecule has 102 valence electrons. The molecule has 0 aliphatic heterocycles. The molecule has 2 rings (SSSR count). The first-order valence-electron chi connectivity index (χ1n) is 6.34. The molecule has 0 saturated carbocycles. The number of fused-ring (bicyclic) bond motifs is 1. The van der Waals surface area contributed by atoms with E-state index in [0.29, 0.717) is 18.0 Å². The zero-order chi connectivity index (χ0) is 13.8. The predicted molar refractivity (Wildman–Crippen MR) is 78.3 cm³/mol. The number of aromatic amines is 1. The van der Waals surface area contributed by atoms with E-state index >= 15 is 0 Å². The number of nitrogens with one attached hydrogen (secondary N) is 2. The molecule has 0 radical (unpaired) electrons. The van der Waals surface area contributed by atoms with E-state index in [1.807, 2.05) is 31.3 Å². The number of carbonyl (C=O) groups excluding carboxylic acids is 1. The molecule has 1 unspecified atom stereocenters. The summed E-state index contributed by atoms with van der Waals surface area (Å²) in [7, 11) is 0. The van der Waals surface area contributed by atoms with Crippen molar-refractivity contribution in [3.8, 4) is 0 Å². The van der Waals surface area contributed by atoms with Crippen molar-refractivity contribution in [1.29, 1.82) is 0 Å². The Morgan fingerprint density at radius 2 is 2.32 bits per heavy atom. The maximum Gasteiger partial charge on any atom is 0.221 e. The molecule has 1 aromatic carbocycles. The summed E-state index contributed by atoms with van der Waals surface area (Å²) in [5, 5.41) is 4.69. The highest BCUT2D eigenvalue weighted by molar-refractivity contribution is 6.31. The van der Waals surface area contributed by atoms with Gasteiger partial charge in [0.2, 0.25) is 5.91 Å². The fourth-order valence-corrected chi connectivity index (χ4v) is 2.23. The lowest BCUT2D eigenvalue weighted by molar-refractivity contribution is -0.121. The summed E-state index contributed by atoms with van der Waals surface area (Å²) in [4.78, 5) is 14.7. The lowest BCUT2D eigenvalue weighted by Gasteiger charge is -2.06. The van der Waals surface area contributed by atoms with Gasteiger partial charge in [-0.2, -0.15) is 0 Å². The van der Waals surface area contributed by atoms with Gasteiger partial charge in [0.1, 0.15) is 0 Å². The third kappa shape index (κ3) is 3.72. The van der Waals surface area contributed by atoms with E-state index in [1.54, 1.807) is 0 Å². The van der Waals surface area contributed by atoms with E-state index in [2.05, 4.69) is 10.3 Å². The van der Waals surface area contributed by atoms with Crippen molar-refractivity contribution in [2.45, 2.75) is 25.8 Å². The first-order valence-corrected chi connectivity index (χ1v) is 6.72. The fraction of sp³-hybridized carbons (Fsp3) is 0.357. The van der Waals surface area contributed by atoms with Crippen LogP contribution in [0.3, 0.4) is 0 Å². The van der Waals surface area contributed by atoms with Crippen LogP contribution in [0.15, 0.2) is 24.4 Å². The molecule has 0 bridgehead atoms. The fourth-order valence-electron chi connectivity index (χ4n) is 2.06. The molecule has 19 heavy (non-hydrogen) atoms. The van der Waals surface area contributed by atoms with Crippen molar-refractivity contribution in [2.24, 2.45) is 5.73 Å². The van der Waals surface area contributed by atoms with Gasteiger partial charge in [-0.05, 0) is 37.1 Å². The van der Waals surface area contributed by atoms with Crippen LogP contribution < -0.4 is 11.1 Å². The van der Waals surface area contributed by atoms with Gasteiger partial charge in [-0.25, -0.2) is 0 Å². The van der Waals surface area contributed by atoms with Gasteiger partial charge in [0.25, 0.3) is 0 Å². The van der Waals surface area contributed by atoms with Gasteiger partial charge in [-0.15, -0.1) is 0 Å². The summed E-state index contributed by atoms with van der Waals surface area (Å²) in [6, 6.07) is 5.64. The van der Waals surface area contributed by atoms with Crippen LogP contribution in [0.5, 0.6) is 0 Å². The minimum atomic E-state index is -0.105. The van der Waals surface area contributed by atoms with Crippen molar-refractivity contribution in [1.82, 2.24) is 10.3 Å². The Labute approximate surface area is 117 Å². The summed E-state index contributed by atoms with van der Waals surface area (Å²) in [6.45, 7) is 2.42. The number of nitrogens with two attached hydrogens (primary N) is 1. The van der Waals surface area contributed by atoms with Crippen LogP contribution in [-0.4, -0.2) is 23.5 Å². The van der Waals surface area contributed by atoms with E-state index in [9.17, 15) is 4.79 Å². The standard InChI is InChI=1S/C14H18ClN3O/c1-9(16)6-14(19)17-5-4-10-8-18-13-3-2-11(15)7-12(10)13/h2-3,7-9,18H,4-6,16H2,1H3,(H,17,19). The second-order valence-corrected chi connectivity index (χ2v) is 5.22. The van der Waals surface area contributed by atoms with Crippen LogP contribution in [0.2, 0.25) is 5.02 Å². The van der Waals surface area contributed by atoms with Crippen LogP contribution in [-0.2, 0) is 11.2 Å². The van der Waals surface area contributed by atoms with E-state index < -0.39 is 0 Å². The molecule has 0 fully saturated rings. The Morgan fingerprint density at radius 1 is 1.53 bits per heavy atom. The molecule has 1 amide bonds. The number of H-pyrrole nitrogens is 1. The highest BCUT2D eigenvalue weighted by Crippen LogP contribution is 2.22. The van der Waals surface area contributed by atoms with Crippen LogP contribution in [0, 0.1) is 0 Å². The molecule has 1 atom stereocenters. The normalized spacial score (nSPS) is 12.6. The molecule has 4 nitrogen and oxygen atoms in total. The summed E-state index contributed by atoms with van der Waals surface area (Å²) in [5.74, 6) is -0.00660. The Hall–Kier alpha value is -1.52. The molecule has 0 aliphatic rings. The van der Waals surface area contributed by atoms with Gasteiger partial charge in [0.15, 0.2) is 0 Å². The monoisotopic (exact) mass is 279 g/mol. The summed E-state index contributed by atoms with van der Waals surface area (Å²) >= 11 is 5.99. The predicted octanol–water partition coefficient (Wildman–Crippen LogP) is 2.22. The topological polar surface area (TPSA) is 70.9 Å². The smallest absolute Gasteiger partial charge is 0.221 e. The zero-order valence-corrected chi connectivity index (χ0v) is 11.6. The Balaban J connectivity index is 1.95. The summed E-state index contributed by atoms with van der Waals surface area (Å²) in [5.41, 5.74) is 7.78. The lowest BCUT2D eigenvalue weighted by atomic mass is 10.1. The lowest BCUT2D eigenvalue weighted by Crippen LogP contribution is -2.31. The van der Waals surface area contributed by atoms with Gasteiger partial charge in [0, 0.05) is 41.1 Å². The summed E-state index contributed by atoms with van der Waals surface area (Å²) in [6.07, 6.45) is 3.09. The molecular weight excluding hydrogens is 262 g/mol. The minimum absolute atomic E-state index is 0.00660. The van der Waals surface area contributed by atoms with Gasteiger partial charge in [0.05, 0.1) is 0 Å². The van der Waals surface area contributed by atoms with Gasteiger partial charge < -0.3 is 16.0 Å². The average molecular weight is 280 g/mol. The van der Waals surface area contributed by atoms with E-state index in [0.717, 1.165) is 22.9 Å². The van der Waals surface area contributed by atoms with E-state index in [-0.39, 0.29) is 11.9 Å². The Kier molecular flexibility index (Phi) is 4.45. The quantitative estimate of drug-likeness (QED) is 0.785. The third-order valence-electron chi connectivity index (χ3n) is 2.95. The molecule has 2 aromatic rings. The molecule has 1 heterocycles. The molecule has 0 spiro atoms. The summed E-state index contributed by atoms with van der Waals surface area (Å²) < 4.78 is 0. The number of amides is 1. The number of halogens is 1. The number of hydrogen-bond donors (Lipinski definition) is 3. The Bertz CT molecular complexity index is 577. The van der Waals surface area contributed by atoms with Crippen LogP contribution >= 0.6 is 11.6 Å². The van der Waals surface area contributed by atoms with Crippen molar-refractivity contribution in [3.05, 3.63) is 35.0 Å². The largest absolute Gasteiger partial charge is 0.361 e. The van der Waals surface area contributed by atoms with Gasteiger partial charge in [-0.1, -0.05) is 11.6 Å². The Morgan fingerprint density at radius 3 is 3.05 bits per heavy atom. The van der Waals surface area contributed by atoms with Crippen molar-refractivity contribution >= 4 is 28.4 Å². The number of hydrogen-bond acceptors (Lipinski definition) is 2. The maximum absolute atomic E-state index is 11.5. The van der Waals surface area contributed by atoms with Crippen LogP contribution in [0.1, 0.15) is 18.9 Å². The van der Waals surface area contributed by atoms with Crippen LogP contribution in [0.25, 0.3) is 10.9 Å². The van der Waals surface area contributed by atoms with Crippen molar-refractivity contribution < 1.29 is 4.79 Å². The van der Waals surface area contributed by atoms with Crippen molar-refractivity contribution in [3.63, 3.8) is 0 Å². The minimum Gasteiger partial charge on any atom is -0.361 e. The van der Waals surface area contributed by atoms with E-state index in [1.165, 1.54) is 0 Å². The number of aromatic nitrogens is 1. The molecule has 1 aromatic heterocycles. The average Bonchev–Trinajstić information content (AvgIpc) is 2.71. The second kappa shape index (κ2) is 6.08. The molecular formula is C14H18ClN3O. The second-order valence-electron chi connectivity index (χ2n) is 4.79. The molecule has 4 N–H and O–H groups in total. The van der Waals surface area contributed by atoms with Gasteiger partial charge in [-0.3, -0.25) is 4.79 Å².